The Kier molecular flexibility index (Phi) is 23.5. The molecule has 0 aliphatic heterocycles. The Morgan fingerprint density at radius 2 is 1.59 bits per heavy atom. The molecule has 9 heteroatoms. The van der Waals surface area contributed by atoms with Gasteiger partial charge in [0.2, 0.25) is 17.7 Å². The first-order valence-electron chi connectivity index (χ1n) is 15.1. The van der Waals surface area contributed by atoms with E-state index >= 15 is 0 Å². The van der Waals surface area contributed by atoms with Crippen molar-refractivity contribution in [3.05, 3.63) is 19.1 Å². The van der Waals surface area contributed by atoms with Gasteiger partial charge in [0.1, 0.15) is 6.04 Å². The molecule has 0 saturated heterocycles. The van der Waals surface area contributed by atoms with Gasteiger partial charge in [-0.05, 0) is 80.9 Å². The summed E-state index contributed by atoms with van der Waals surface area (Å²) < 4.78 is 6.18. The number of likely N-dealkylation sites (N-methyl/N-ethyl adjacent to an activating group) is 2. The molecule has 0 aliphatic rings. The van der Waals surface area contributed by atoms with E-state index in [-0.39, 0.29) is 81.3 Å². The first kappa shape index (κ1) is 43.0. The molecule has 0 bridgehead atoms. The maximum absolute atomic E-state index is 13.7. The van der Waals surface area contributed by atoms with Gasteiger partial charge in [0.25, 0.3) is 0 Å². The van der Waals surface area contributed by atoms with Gasteiger partial charge in [0, 0.05) is 37.9 Å². The Labute approximate surface area is 301 Å². The summed E-state index contributed by atoms with van der Waals surface area (Å²) in [6, 6.07) is -0.544. The van der Waals surface area contributed by atoms with Crippen LogP contribution in [0, 0.1) is 12.3 Å². The fourth-order valence-corrected chi connectivity index (χ4v) is 4.76. The zero-order chi connectivity index (χ0) is 30.9. The van der Waals surface area contributed by atoms with Crippen LogP contribution in [-0.2, 0) is 19.1 Å². The molecule has 41 heavy (non-hydrogen) atoms. The van der Waals surface area contributed by atoms with Crippen LogP contribution in [0.25, 0.3) is 0 Å². The third-order valence-corrected chi connectivity index (χ3v) is 7.01. The van der Waals surface area contributed by atoms with Crippen molar-refractivity contribution < 1.29 is 77.3 Å². The van der Waals surface area contributed by atoms with Gasteiger partial charge in [-0.1, -0.05) is 25.8 Å². The Morgan fingerprint density at radius 3 is 2.10 bits per heavy atom. The van der Waals surface area contributed by atoms with Crippen molar-refractivity contribution in [2.24, 2.45) is 5.41 Å². The van der Waals surface area contributed by atoms with Crippen LogP contribution in [0.1, 0.15) is 99.8 Å². The normalized spacial score (nSPS) is 12.5. The fraction of sp³-hybridized carbons (Fsp3) is 0.812. The molecule has 0 radical (unpaired) electrons. The van der Waals surface area contributed by atoms with Gasteiger partial charge >= 0.3 is 58.2 Å². The Hall–Kier alpha value is -0.125. The molecule has 0 aromatic heterocycles. The SMILES string of the molecule is C=C(C)CCC(=O)N[C@H](CCCCN(C)C)C(=O)N(CC)CC(C)(C)COCC(C)(C)N(CC)C(=O)CCC[CH2-].[Rb+]. The van der Waals surface area contributed by atoms with Crippen molar-refractivity contribution in [1.82, 2.24) is 20.0 Å². The molecule has 0 aromatic carbocycles. The molecule has 0 unspecified atom stereocenters. The molecule has 0 fully saturated rings. The van der Waals surface area contributed by atoms with E-state index < -0.39 is 11.6 Å². The smallest absolute Gasteiger partial charge is 0.378 e. The van der Waals surface area contributed by atoms with E-state index in [1.54, 1.807) is 0 Å². The monoisotopic (exact) mass is 650 g/mol. The first-order valence-corrected chi connectivity index (χ1v) is 15.1. The van der Waals surface area contributed by atoms with Gasteiger partial charge < -0.3 is 31.7 Å². The van der Waals surface area contributed by atoms with E-state index in [0.717, 1.165) is 37.8 Å². The Morgan fingerprint density at radius 1 is 0.951 bits per heavy atom. The molecule has 1 atom stereocenters. The number of hydrogen-bond donors (Lipinski definition) is 1. The molecule has 0 aromatic rings. The predicted octanol–water partition coefficient (Wildman–Crippen LogP) is 2.09. The van der Waals surface area contributed by atoms with Crippen LogP contribution in [0.15, 0.2) is 12.2 Å². The first-order chi connectivity index (χ1) is 18.6. The van der Waals surface area contributed by atoms with Crippen molar-refractivity contribution in [2.75, 3.05) is 53.5 Å². The predicted molar refractivity (Wildman–Crippen MR) is 166 cm³/mol. The number of hydrogen-bond acceptors (Lipinski definition) is 5. The zero-order valence-corrected chi connectivity index (χ0v) is 33.3. The summed E-state index contributed by atoms with van der Waals surface area (Å²) >= 11 is 0. The van der Waals surface area contributed by atoms with E-state index in [1.165, 1.54) is 0 Å². The second kappa shape index (κ2) is 22.4. The summed E-state index contributed by atoms with van der Waals surface area (Å²) in [5, 5.41) is 3.01. The zero-order valence-electron chi connectivity index (χ0n) is 28.4. The standard InChI is InChI=1S/C32H61N4O4.Rb/c1-12-15-19-29(38)36(14-3)32(8,9)25-40-24-31(6,7)23-35(13-2)30(39)27(18-16-17-22-34(10)11)33-28(37)21-20-26(4)5;/h27H,1,4,12-25H2,2-3,5-11H3,(H,33,37);/q-1;+1/t27-;/m1./s1. The molecule has 234 valence electrons. The van der Waals surface area contributed by atoms with Crippen molar-refractivity contribution in [1.29, 1.82) is 0 Å². The van der Waals surface area contributed by atoms with Crippen molar-refractivity contribution in [3.63, 3.8) is 0 Å². The summed E-state index contributed by atoms with van der Waals surface area (Å²) in [6.07, 6.45) is 5.42. The van der Waals surface area contributed by atoms with Crippen LogP contribution in [0.4, 0.5) is 0 Å². The number of nitrogens with zero attached hydrogens (tertiary/aromatic N) is 3. The molecule has 0 saturated carbocycles. The van der Waals surface area contributed by atoms with Crippen LogP contribution in [0.5, 0.6) is 0 Å². The van der Waals surface area contributed by atoms with Crippen LogP contribution >= 0.6 is 0 Å². The van der Waals surface area contributed by atoms with E-state index in [4.69, 9.17) is 4.74 Å². The molecule has 8 nitrogen and oxygen atoms in total. The average molecular weight is 651 g/mol. The van der Waals surface area contributed by atoms with Crippen LogP contribution in [0.2, 0.25) is 0 Å². The third kappa shape index (κ3) is 19.0. The minimum Gasteiger partial charge on any atom is -0.378 e. The number of nitrogens with one attached hydrogen (secondary N) is 1. The fourth-order valence-electron chi connectivity index (χ4n) is 4.76. The topological polar surface area (TPSA) is 82.2 Å². The molecule has 3 amide bonds. The number of rotatable bonds is 22. The molecular weight excluding hydrogens is 590 g/mol. The van der Waals surface area contributed by atoms with Gasteiger partial charge in [0.05, 0.1) is 18.8 Å². The molecule has 1 N–H and O–H groups in total. The number of carbonyl (C=O) groups is 3. The second-order valence-corrected chi connectivity index (χ2v) is 12.8. The maximum atomic E-state index is 13.7. The van der Waals surface area contributed by atoms with Crippen LogP contribution in [0.3, 0.4) is 0 Å². The maximum Gasteiger partial charge on any atom is 1.00 e. The van der Waals surface area contributed by atoms with Gasteiger partial charge in [-0.25, -0.2) is 0 Å². The number of amides is 3. The average Bonchev–Trinajstić information content (AvgIpc) is 2.85. The van der Waals surface area contributed by atoms with E-state index in [9.17, 15) is 14.4 Å². The van der Waals surface area contributed by atoms with E-state index in [1.807, 2.05) is 58.5 Å². The number of ether oxygens (including phenoxy) is 1. The van der Waals surface area contributed by atoms with Crippen molar-refractivity contribution >= 4 is 17.7 Å². The molecule has 0 heterocycles. The summed E-state index contributed by atoms with van der Waals surface area (Å²) in [7, 11) is 4.07. The number of allylic oxidation sites excluding steroid dienone is 1. The Balaban J connectivity index is 0. The summed E-state index contributed by atoms with van der Waals surface area (Å²) in [5.41, 5.74) is 0.208. The summed E-state index contributed by atoms with van der Waals surface area (Å²) in [5.74, 6) is -0.0265. The van der Waals surface area contributed by atoms with E-state index in [0.29, 0.717) is 58.5 Å². The molecule has 0 aliphatic carbocycles. The summed E-state index contributed by atoms with van der Waals surface area (Å²) in [4.78, 5) is 44.9. The second-order valence-electron chi connectivity index (χ2n) is 12.8. The van der Waals surface area contributed by atoms with Gasteiger partial charge in [-0.3, -0.25) is 14.4 Å². The van der Waals surface area contributed by atoms with Crippen molar-refractivity contribution in [2.45, 2.75) is 111 Å². The molecule has 0 rings (SSSR count). The Bertz CT molecular complexity index is 786. The number of unbranched alkanes of at least 4 members (excludes halogenated alkanes) is 2. The molecule has 0 spiro atoms. The van der Waals surface area contributed by atoms with E-state index in [2.05, 4.69) is 37.6 Å². The number of carbonyl (C=O) groups excluding carboxylic acids is 3. The van der Waals surface area contributed by atoms with Crippen molar-refractivity contribution in [3.8, 4) is 0 Å². The minimum absolute atomic E-state index is 0. The largest absolute Gasteiger partial charge is 1.00 e. The van der Waals surface area contributed by atoms with Gasteiger partial charge in [0.15, 0.2) is 0 Å². The summed E-state index contributed by atoms with van der Waals surface area (Å²) in [6.45, 7) is 25.3. The molecular formula is C32H61N4O4Rb. The van der Waals surface area contributed by atoms with Crippen LogP contribution < -0.4 is 63.5 Å². The quantitative estimate of drug-likeness (QED) is 0.110. The van der Waals surface area contributed by atoms with Crippen LogP contribution in [-0.4, -0.2) is 97.5 Å². The van der Waals surface area contributed by atoms with Gasteiger partial charge in [-0.2, -0.15) is 6.42 Å². The minimum atomic E-state index is -0.544. The third-order valence-electron chi connectivity index (χ3n) is 7.01. The van der Waals surface area contributed by atoms with Gasteiger partial charge in [-0.15, -0.1) is 6.58 Å².